The van der Waals surface area contributed by atoms with Crippen molar-refractivity contribution < 1.29 is 54.2 Å². The first-order chi connectivity index (χ1) is 14.7. The number of hydrogen-bond acceptors (Lipinski definition) is 10. The molecule has 5 N–H and O–H groups in total. The zero-order valence-electron chi connectivity index (χ0n) is 17.7. The van der Waals surface area contributed by atoms with Crippen LogP contribution in [0.3, 0.4) is 0 Å². The van der Waals surface area contributed by atoms with Crippen molar-refractivity contribution in [2.75, 3.05) is 0 Å². The molecule has 0 aromatic carbocycles. The molecular formula is C21H26O11. The van der Waals surface area contributed by atoms with Crippen molar-refractivity contribution in [2.24, 2.45) is 35.0 Å². The maximum Gasteiger partial charge on any atom is 0.418 e. The predicted octanol–water partition coefficient (Wildman–Crippen LogP) is -1.64. The SMILES string of the molecule is CC1=CC(=O)[C@@H](O)[C@@]2(C)C1CC1OC(=O)[C@H](OC(=O)C(=O)O)C3C1C2C(O)(O)[C@H](O)[C@@H]3C. The van der Waals surface area contributed by atoms with Crippen molar-refractivity contribution in [3.05, 3.63) is 11.6 Å². The Morgan fingerprint density at radius 2 is 1.81 bits per heavy atom. The molecule has 1 aliphatic heterocycles. The van der Waals surface area contributed by atoms with Gasteiger partial charge in [-0.1, -0.05) is 19.4 Å². The Kier molecular flexibility index (Phi) is 5.05. The number of fused-ring (bicyclic) bond motifs is 2. The molecule has 1 saturated heterocycles. The molecule has 0 bridgehead atoms. The molecule has 10 atom stereocenters. The lowest BCUT2D eigenvalue weighted by Crippen LogP contribution is -2.76. The van der Waals surface area contributed by atoms with Crippen molar-refractivity contribution in [2.45, 2.75) is 57.4 Å². The van der Waals surface area contributed by atoms with Gasteiger partial charge in [0, 0.05) is 23.2 Å². The van der Waals surface area contributed by atoms with E-state index in [9.17, 15) is 39.6 Å². The molecule has 0 aromatic rings. The summed E-state index contributed by atoms with van der Waals surface area (Å²) in [4.78, 5) is 48.0. The highest BCUT2D eigenvalue weighted by Gasteiger charge is 2.73. The minimum absolute atomic E-state index is 0.158. The molecule has 4 aliphatic rings. The number of aliphatic hydroxyl groups is 4. The lowest BCUT2D eigenvalue weighted by Gasteiger charge is -2.66. The number of carbonyl (C=O) groups excluding carboxylic acids is 3. The fourth-order valence-electron chi connectivity index (χ4n) is 6.85. The quantitative estimate of drug-likeness (QED) is 0.174. The molecule has 0 radical (unpaired) electrons. The summed E-state index contributed by atoms with van der Waals surface area (Å²) in [7, 11) is 0. The number of allylic oxidation sites excluding steroid dienone is 1. The number of carboxylic acids is 1. The van der Waals surface area contributed by atoms with Gasteiger partial charge in [0.1, 0.15) is 18.3 Å². The number of ether oxygens (including phenoxy) is 2. The van der Waals surface area contributed by atoms with Crippen LogP contribution < -0.4 is 0 Å². The van der Waals surface area contributed by atoms with Gasteiger partial charge in [0.15, 0.2) is 11.6 Å². The van der Waals surface area contributed by atoms with Gasteiger partial charge in [-0.25, -0.2) is 14.4 Å². The third-order valence-corrected chi connectivity index (χ3v) is 8.18. The van der Waals surface area contributed by atoms with E-state index in [1.807, 2.05) is 0 Å². The fourth-order valence-corrected chi connectivity index (χ4v) is 6.85. The number of esters is 2. The molecule has 4 rings (SSSR count). The summed E-state index contributed by atoms with van der Waals surface area (Å²) in [6.45, 7) is 4.60. The van der Waals surface area contributed by atoms with Gasteiger partial charge in [0.05, 0.1) is 0 Å². The average molecular weight is 454 g/mol. The van der Waals surface area contributed by atoms with Crippen LogP contribution in [0, 0.1) is 35.0 Å². The number of ketones is 1. The van der Waals surface area contributed by atoms with E-state index in [2.05, 4.69) is 0 Å². The lowest BCUT2D eigenvalue weighted by molar-refractivity contribution is -0.364. The summed E-state index contributed by atoms with van der Waals surface area (Å²) in [5.74, 6) is -13.0. The first kappa shape index (κ1) is 22.8. The standard InChI is InChI=1S/C21H26O11/c1-6-4-9(22)16(24)20(3)8(6)5-10-12-11(7(2)15(23)21(29,30)14(12)20)13(18(27)31-10)32-19(28)17(25)26/h4,7-8,10-16,23-24,29-30H,5H2,1-3H3,(H,25,26)/t7-,8?,10?,11?,12?,13-,14?,15-,16-,20+/m1/s1. The van der Waals surface area contributed by atoms with Gasteiger partial charge in [0.25, 0.3) is 0 Å². The third kappa shape index (κ3) is 2.81. The van der Waals surface area contributed by atoms with E-state index in [0.717, 1.165) is 0 Å². The van der Waals surface area contributed by atoms with Gasteiger partial charge in [-0.3, -0.25) is 4.79 Å². The number of hydrogen-bond donors (Lipinski definition) is 5. The molecule has 0 aromatic heterocycles. The molecule has 2 saturated carbocycles. The molecular weight excluding hydrogens is 428 g/mol. The van der Waals surface area contributed by atoms with Crippen LogP contribution in [0.15, 0.2) is 11.6 Å². The first-order valence-corrected chi connectivity index (χ1v) is 10.4. The zero-order chi connectivity index (χ0) is 23.9. The van der Waals surface area contributed by atoms with Crippen LogP contribution in [0.5, 0.6) is 0 Å². The molecule has 0 spiro atoms. The number of rotatable bonds is 1. The Hall–Kier alpha value is -2.34. The molecule has 176 valence electrons. The summed E-state index contributed by atoms with van der Waals surface area (Å²) >= 11 is 0. The van der Waals surface area contributed by atoms with Gasteiger partial charge < -0.3 is 35.0 Å². The van der Waals surface area contributed by atoms with E-state index in [1.54, 1.807) is 6.92 Å². The Labute approximate surface area is 182 Å². The fraction of sp³-hybridized carbons (Fsp3) is 0.714. The van der Waals surface area contributed by atoms with E-state index in [-0.39, 0.29) is 6.42 Å². The second-order valence-electron chi connectivity index (χ2n) is 9.67. The number of aliphatic carboxylic acids is 1. The molecule has 3 aliphatic carbocycles. The maximum atomic E-state index is 12.7. The van der Waals surface area contributed by atoms with Crippen molar-refractivity contribution in [1.29, 1.82) is 0 Å². The van der Waals surface area contributed by atoms with Gasteiger partial charge in [-0.15, -0.1) is 0 Å². The van der Waals surface area contributed by atoms with Crippen LogP contribution >= 0.6 is 0 Å². The highest BCUT2D eigenvalue weighted by atomic mass is 16.6. The Bertz CT molecular complexity index is 923. The monoisotopic (exact) mass is 454 g/mol. The number of carbonyl (C=O) groups is 4. The molecule has 32 heavy (non-hydrogen) atoms. The third-order valence-electron chi connectivity index (χ3n) is 8.18. The summed E-state index contributed by atoms with van der Waals surface area (Å²) in [5, 5.41) is 52.9. The Morgan fingerprint density at radius 3 is 2.41 bits per heavy atom. The second-order valence-corrected chi connectivity index (χ2v) is 9.67. The Morgan fingerprint density at radius 1 is 1.19 bits per heavy atom. The largest absolute Gasteiger partial charge is 0.473 e. The summed E-state index contributed by atoms with van der Waals surface area (Å²) in [6.07, 6.45) is -4.65. The van der Waals surface area contributed by atoms with Crippen molar-refractivity contribution in [3.63, 3.8) is 0 Å². The van der Waals surface area contributed by atoms with Gasteiger partial charge in [-0.2, -0.15) is 0 Å². The van der Waals surface area contributed by atoms with Crippen molar-refractivity contribution in [3.8, 4) is 0 Å². The summed E-state index contributed by atoms with van der Waals surface area (Å²) in [5.41, 5.74) is -0.886. The van der Waals surface area contributed by atoms with E-state index < -0.39 is 88.9 Å². The smallest absolute Gasteiger partial charge is 0.418 e. The number of aliphatic hydroxyl groups excluding tert-OH is 2. The van der Waals surface area contributed by atoms with Crippen LogP contribution in [-0.4, -0.2) is 79.4 Å². The Balaban J connectivity index is 1.88. The molecule has 0 amide bonds. The van der Waals surface area contributed by atoms with Crippen molar-refractivity contribution >= 4 is 23.7 Å². The highest BCUT2D eigenvalue weighted by molar-refractivity contribution is 6.29. The lowest BCUT2D eigenvalue weighted by atomic mass is 9.42. The maximum absolute atomic E-state index is 12.7. The van der Waals surface area contributed by atoms with E-state index in [0.29, 0.717) is 5.57 Å². The normalized spacial score (nSPS) is 46.8. The van der Waals surface area contributed by atoms with E-state index >= 15 is 0 Å². The van der Waals surface area contributed by atoms with Gasteiger partial charge in [0.2, 0.25) is 6.10 Å². The van der Waals surface area contributed by atoms with Crippen LogP contribution in [0.25, 0.3) is 0 Å². The van der Waals surface area contributed by atoms with Crippen LogP contribution in [0.1, 0.15) is 27.2 Å². The van der Waals surface area contributed by atoms with E-state index in [4.69, 9.17) is 14.6 Å². The molecule has 3 fully saturated rings. The van der Waals surface area contributed by atoms with Crippen LogP contribution in [-0.2, 0) is 28.7 Å². The molecule has 1 heterocycles. The molecule has 5 unspecified atom stereocenters. The topological polar surface area (TPSA) is 188 Å². The van der Waals surface area contributed by atoms with Crippen LogP contribution in [0.4, 0.5) is 0 Å². The van der Waals surface area contributed by atoms with Crippen LogP contribution in [0.2, 0.25) is 0 Å². The average Bonchev–Trinajstić information content (AvgIpc) is 2.70. The molecule has 11 heteroatoms. The predicted molar refractivity (Wildman–Crippen MR) is 101 cm³/mol. The second kappa shape index (κ2) is 7.08. The van der Waals surface area contributed by atoms with E-state index in [1.165, 1.54) is 19.9 Å². The van der Waals surface area contributed by atoms with Gasteiger partial charge >= 0.3 is 17.9 Å². The van der Waals surface area contributed by atoms with Crippen molar-refractivity contribution in [1.82, 2.24) is 0 Å². The summed E-state index contributed by atoms with van der Waals surface area (Å²) in [6, 6.07) is 0. The van der Waals surface area contributed by atoms with Gasteiger partial charge in [-0.05, 0) is 31.3 Å². The zero-order valence-corrected chi connectivity index (χ0v) is 17.7. The minimum atomic E-state index is -2.78. The number of carboxylic acid groups (broad SMARTS) is 1. The minimum Gasteiger partial charge on any atom is -0.473 e. The highest BCUT2D eigenvalue weighted by Crippen LogP contribution is 2.65. The molecule has 11 nitrogen and oxygen atoms in total. The summed E-state index contributed by atoms with van der Waals surface area (Å²) < 4.78 is 10.4. The first-order valence-electron chi connectivity index (χ1n) is 10.4.